The lowest BCUT2D eigenvalue weighted by Crippen LogP contribution is -2.09. The van der Waals surface area contributed by atoms with E-state index in [0.29, 0.717) is 11.8 Å². The van der Waals surface area contributed by atoms with Gasteiger partial charge in [-0.05, 0) is 44.4 Å². The molecule has 100 valence electrons. The third-order valence-electron chi connectivity index (χ3n) is 3.01. The lowest BCUT2D eigenvalue weighted by Gasteiger charge is -2.17. The van der Waals surface area contributed by atoms with Crippen LogP contribution in [0.3, 0.4) is 0 Å². The summed E-state index contributed by atoms with van der Waals surface area (Å²) in [6.07, 6.45) is 7.55. The second-order valence-electron chi connectivity index (χ2n) is 5.18. The Morgan fingerprint density at radius 3 is 2.35 bits per heavy atom. The number of aliphatic hydroxyl groups excluding tert-OH is 2. The first-order valence-electron chi connectivity index (χ1n) is 6.62. The molecule has 2 N–H and O–H groups in total. The second-order valence-corrected chi connectivity index (χ2v) is 5.18. The molecule has 0 aromatic carbocycles. The minimum atomic E-state index is -0.220. The number of hydrogen-bond acceptors (Lipinski definition) is 2. The molecule has 0 amide bonds. The fourth-order valence-electron chi connectivity index (χ4n) is 1.73. The summed E-state index contributed by atoms with van der Waals surface area (Å²) >= 11 is 0. The SMILES string of the molecule is C=C(/C=C/[C@H](CC[C@H](C)O)C(C)C)CCCO. The quantitative estimate of drug-likeness (QED) is 0.607. The Balaban J connectivity index is 4.14. The summed E-state index contributed by atoms with van der Waals surface area (Å²) in [6, 6.07) is 0. The predicted molar refractivity (Wildman–Crippen MR) is 73.8 cm³/mol. The van der Waals surface area contributed by atoms with Gasteiger partial charge in [0.1, 0.15) is 0 Å². The first-order valence-corrected chi connectivity index (χ1v) is 6.62. The van der Waals surface area contributed by atoms with Gasteiger partial charge in [0.25, 0.3) is 0 Å². The van der Waals surface area contributed by atoms with E-state index in [-0.39, 0.29) is 12.7 Å². The van der Waals surface area contributed by atoms with Gasteiger partial charge >= 0.3 is 0 Å². The van der Waals surface area contributed by atoms with Crippen molar-refractivity contribution in [2.75, 3.05) is 6.61 Å². The highest BCUT2D eigenvalue weighted by atomic mass is 16.3. The number of aliphatic hydroxyl groups is 2. The maximum Gasteiger partial charge on any atom is 0.0512 e. The van der Waals surface area contributed by atoms with Crippen LogP contribution in [0, 0.1) is 11.8 Å². The zero-order valence-electron chi connectivity index (χ0n) is 11.5. The summed E-state index contributed by atoms with van der Waals surface area (Å²) < 4.78 is 0. The molecular formula is C15H28O2. The smallest absolute Gasteiger partial charge is 0.0512 e. The van der Waals surface area contributed by atoms with Crippen molar-refractivity contribution in [3.8, 4) is 0 Å². The first-order chi connectivity index (χ1) is 7.97. The van der Waals surface area contributed by atoms with E-state index in [9.17, 15) is 5.11 Å². The highest BCUT2D eigenvalue weighted by molar-refractivity contribution is 5.15. The third kappa shape index (κ3) is 9.13. The molecule has 17 heavy (non-hydrogen) atoms. The van der Waals surface area contributed by atoms with Crippen LogP contribution in [0.2, 0.25) is 0 Å². The molecule has 0 aromatic heterocycles. The van der Waals surface area contributed by atoms with E-state index < -0.39 is 0 Å². The van der Waals surface area contributed by atoms with Crippen molar-refractivity contribution in [1.29, 1.82) is 0 Å². The van der Waals surface area contributed by atoms with E-state index in [1.807, 2.05) is 6.92 Å². The Bertz CT molecular complexity index is 229. The zero-order valence-corrected chi connectivity index (χ0v) is 11.5. The second kappa shape index (κ2) is 9.43. The fraction of sp³-hybridized carbons (Fsp3) is 0.733. The molecule has 2 heteroatoms. The molecule has 0 bridgehead atoms. The van der Waals surface area contributed by atoms with E-state index in [1.54, 1.807) is 0 Å². The largest absolute Gasteiger partial charge is 0.396 e. The Kier molecular flexibility index (Phi) is 9.10. The Morgan fingerprint density at radius 1 is 1.24 bits per heavy atom. The maximum absolute atomic E-state index is 9.31. The molecule has 0 radical (unpaired) electrons. The van der Waals surface area contributed by atoms with Crippen molar-refractivity contribution in [1.82, 2.24) is 0 Å². The third-order valence-corrected chi connectivity index (χ3v) is 3.01. The molecule has 0 rings (SSSR count). The normalized spacial score (nSPS) is 15.4. The van der Waals surface area contributed by atoms with Gasteiger partial charge in [-0.1, -0.05) is 38.2 Å². The van der Waals surface area contributed by atoms with Crippen LogP contribution in [-0.2, 0) is 0 Å². The van der Waals surface area contributed by atoms with Gasteiger partial charge in [-0.3, -0.25) is 0 Å². The topological polar surface area (TPSA) is 40.5 Å². The number of rotatable bonds is 9. The monoisotopic (exact) mass is 240 g/mol. The van der Waals surface area contributed by atoms with Gasteiger partial charge < -0.3 is 10.2 Å². The van der Waals surface area contributed by atoms with Crippen LogP contribution in [0.15, 0.2) is 24.3 Å². The average Bonchev–Trinajstić information content (AvgIpc) is 2.25. The summed E-state index contributed by atoms with van der Waals surface area (Å²) in [5.74, 6) is 1.08. The van der Waals surface area contributed by atoms with Gasteiger partial charge in [-0.15, -0.1) is 0 Å². The Labute approximate surface area is 106 Å². The van der Waals surface area contributed by atoms with E-state index in [0.717, 1.165) is 31.3 Å². The van der Waals surface area contributed by atoms with Crippen LogP contribution in [0.5, 0.6) is 0 Å². The molecule has 0 saturated carbocycles. The van der Waals surface area contributed by atoms with Crippen LogP contribution in [0.1, 0.15) is 46.5 Å². The van der Waals surface area contributed by atoms with E-state index in [4.69, 9.17) is 5.11 Å². The van der Waals surface area contributed by atoms with Crippen molar-refractivity contribution in [3.05, 3.63) is 24.3 Å². The molecule has 0 aliphatic heterocycles. The van der Waals surface area contributed by atoms with Gasteiger partial charge in [0.2, 0.25) is 0 Å². The van der Waals surface area contributed by atoms with E-state index >= 15 is 0 Å². The molecule has 0 aliphatic rings. The molecule has 0 aliphatic carbocycles. The summed E-state index contributed by atoms with van der Waals surface area (Å²) in [7, 11) is 0. The lowest BCUT2D eigenvalue weighted by atomic mass is 9.89. The lowest BCUT2D eigenvalue weighted by molar-refractivity contribution is 0.172. The van der Waals surface area contributed by atoms with Crippen LogP contribution >= 0.6 is 0 Å². The van der Waals surface area contributed by atoms with Crippen molar-refractivity contribution in [2.45, 2.75) is 52.6 Å². The van der Waals surface area contributed by atoms with Crippen molar-refractivity contribution < 1.29 is 10.2 Å². The standard InChI is InChI=1S/C15H28O2/c1-12(2)15(10-8-14(4)17)9-7-13(3)6-5-11-16/h7,9,12,14-17H,3,5-6,8,10-11H2,1-2,4H3/b9-7+/t14-,15+/m0/s1. The molecular weight excluding hydrogens is 212 g/mol. The minimum Gasteiger partial charge on any atom is -0.396 e. The number of hydrogen-bond donors (Lipinski definition) is 2. The molecule has 0 spiro atoms. The molecule has 0 fully saturated rings. The molecule has 0 saturated heterocycles. The maximum atomic E-state index is 9.31. The van der Waals surface area contributed by atoms with Gasteiger partial charge in [0.15, 0.2) is 0 Å². The van der Waals surface area contributed by atoms with Crippen LogP contribution in [0.25, 0.3) is 0 Å². The Morgan fingerprint density at radius 2 is 1.88 bits per heavy atom. The van der Waals surface area contributed by atoms with Crippen LogP contribution in [0.4, 0.5) is 0 Å². The summed E-state index contributed by atoms with van der Waals surface area (Å²) in [4.78, 5) is 0. The molecule has 2 atom stereocenters. The van der Waals surface area contributed by atoms with Crippen LogP contribution in [-0.4, -0.2) is 22.9 Å². The molecule has 0 aromatic rings. The van der Waals surface area contributed by atoms with Gasteiger partial charge in [-0.2, -0.15) is 0 Å². The molecule has 2 nitrogen and oxygen atoms in total. The predicted octanol–water partition coefficient (Wildman–Crippen LogP) is 3.30. The van der Waals surface area contributed by atoms with Gasteiger partial charge in [0.05, 0.1) is 6.10 Å². The van der Waals surface area contributed by atoms with Gasteiger partial charge in [-0.25, -0.2) is 0 Å². The summed E-state index contributed by atoms with van der Waals surface area (Å²) in [6.45, 7) is 10.4. The van der Waals surface area contributed by atoms with Crippen molar-refractivity contribution in [3.63, 3.8) is 0 Å². The highest BCUT2D eigenvalue weighted by Gasteiger charge is 2.10. The fourth-order valence-corrected chi connectivity index (χ4v) is 1.73. The highest BCUT2D eigenvalue weighted by Crippen LogP contribution is 2.20. The first kappa shape index (κ1) is 16.4. The summed E-state index contributed by atoms with van der Waals surface area (Å²) in [5.41, 5.74) is 1.07. The van der Waals surface area contributed by atoms with E-state index in [2.05, 4.69) is 32.6 Å². The summed E-state index contributed by atoms with van der Waals surface area (Å²) in [5, 5.41) is 18.0. The molecule has 0 heterocycles. The van der Waals surface area contributed by atoms with Crippen molar-refractivity contribution in [2.24, 2.45) is 11.8 Å². The van der Waals surface area contributed by atoms with Crippen molar-refractivity contribution >= 4 is 0 Å². The average molecular weight is 240 g/mol. The molecule has 0 unspecified atom stereocenters. The zero-order chi connectivity index (χ0) is 13.3. The number of allylic oxidation sites excluding steroid dienone is 3. The minimum absolute atomic E-state index is 0.220. The Hall–Kier alpha value is -0.600. The van der Waals surface area contributed by atoms with Crippen LogP contribution < -0.4 is 0 Å². The van der Waals surface area contributed by atoms with Gasteiger partial charge in [0, 0.05) is 6.61 Å². The van der Waals surface area contributed by atoms with E-state index in [1.165, 1.54) is 0 Å².